The Bertz CT molecular complexity index is 3140. The van der Waals surface area contributed by atoms with Crippen LogP contribution in [-0.2, 0) is 5.41 Å². The van der Waals surface area contributed by atoms with Gasteiger partial charge in [-0.05, 0) is 79.9 Å². The second-order valence-electron chi connectivity index (χ2n) is 14.8. The van der Waals surface area contributed by atoms with Crippen molar-refractivity contribution in [1.29, 1.82) is 0 Å². The summed E-state index contributed by atoms with van der Waals surface area (Å²) in [4.78, 5) is 10.6. The number of fused-ring (bicyclic) bond motifs is 16. The normalized spacial score (nSPS) is 14.9. The van der Waals surface area contributed by atoms with Crippen LogP contribution in [0.15, 0.2) is 199 Å². The van der Waals surface area contributed by atoms with Crippen molar-refractivity contribution in [2.75, 3.05) is 0 Å². The molecule has 10 aromatic rings. The van der Waals surface area contributed by atoms with E-state index >= 15 is 0 Å². The van der Waals surface area contributed by atoms with E-state index in [-0.39, 0.29) is 0 Å². The molecule has 56 heavy (non-hydrogen) atoms. The summed E-state index contributed by atoms with van der Waals surface area (Å²) >= 11 is 0. The van der Waals surface area contributed by atoms with Crippen molar-refractivity contribution in [1.82, 2.24) is 9.97 Å². The van der Waals surface area contributed by atoms with Gasteiger partial charge in [-0.15, -0.1) is 0 Å². The Labute approximate surface area is 324 Å². The summed E-state index contributed by atoms with van der Waals surface area (Å²) in [6.45, 7) is 0. The quantitative estimate of drug-likeness (QED) is 0.183. The van der Waals surface area contributed by atoms with Crippen molar-refractivity contribution in [2.45, 2.75) is 5.41 Å². The number of furan rings is 1. The molecular formula is C53H32N2O. The van der Waals surface area contributed by atoms with Crippen molar-refractivity contribution < 1.29 is 4.42 Å². The molecule has 0 saturated carbocycles. The lowest BCUT2D eigenvalue weighted by molar-refractivity contribution is 0.668. The molecule has 0 radical (unpaired) electrons. The predicted molar refractivity (Wildman–Crippen MR) is 227 cm³/mol. The van der Waals surface area contributed by atoms with E-state index < -0.39 is 5.41 Å². The van der Waals surface area contributed by atoms with E-state index in [1.165, 1.54) is 55.6 Å². The molecule has 0 bridgehead atoms. The second kappa shape index (κ2) is 11.8. The monoisotopic (exact) mass is 712 g/mol. The first-order valence-corrected chi connectivity index (χ1v) is 19.2. The third-order valence-corrected chi connectivity index (χ3v) is 11.9. The van der Waals surface area contributed by atoms with Gasteiger partial charge in [-0.25, -0.2) is 9.97 Å². The van der Waals surface area contributed by atoms with E-state index in [0.717, 1.165) is 50.0 Å². The fourth-order valence-corrected chi connectivity index (χ4v) is 9.62. The number of hydrogen-bond acceptors (Lipinski definition) is 3. The zero-order valence-corrected chi connectivity index (χ0v) is 30.3. The molecule has 260 valence electrons. The third-order valence-electron chi connectivity index (χ3n) is 11.9. The summed E-state index contributed by atoms with van der Waals surface area (Å²) in [5.41, 5.74) is 18.3. The van der Waals surface area contributed by atoms with Gasteiger partial charge in [0, 0.05) is 27.5 Å². The van der Waals surface area contributed by atoms with Gasteiger partial charge < -0.3 is 4.42 Å². The first kappa shape index (κ1) is 31.0. The number of benzene rings is 8. The molecule has 12 rings (SSSR count). The maximum Gasteiger partial charge on any atom is 0.160 e. The topological polar surface area (TPSA) is 38.9 Å². The second-order valence-corrected chi connectivity index (χ2v) is 14.8. The van der Waals surface area contributed by atoms with Gasteiger partial charge in [-0.2, -0.15) is 0 Å². The van der Waals surface area contributed by atoms with Gasteiger partial charge in [0.05, 0.1) is 16.8 Å². The molecule has 2 heterocycles. The number of rotatable bonds is 3. The van der Waals surface area contributed by atoms with Crippen molar-refractivity contribution in [3.63, 3.8) is 0 Å². The van der Waals surface area contributed by atoms with E-state index in [1.807, 2.05) is 12.1 Å². The number of aromatic nitrogens is 2. The summed E-state index contributed by atoms with van der Waals surface area (Å²) in [7, 11) is 0. The molecule has 1 atom stereocenters. The molecule has 2 aliphatic carbocycles. The summed E-state index contributed by atoms with van der Waals surface area (Å²) < 4.78 is 6.54. The van der Waals surface area contributed by atoms with Crippen LogP contribution < -0.4 is 0 Å². The lowest BCUT2D eigenvalue weighted by Gasteiger charge is -2.35. The number of nitrogens with zero attached hydrogens (tertiary/aromatic N) is 2. The summed E-state index contributed by atoms with van der Waals surface area (Å²) in [5, 5.41) is 2.29. The van der Waals surface area contributed by atoms with Crippen LogP contribution in [-0.4, -0.2) is 9.97 Å². The van der Waals surface area contributed by atoms with Crippen LogP contribution >= 0.6 is 0 Å². The highest BCUT2D eigenvalue weighted by molar-refractivity contribution is 6.16. The fourth-order valence-electron chi connectivity index (χ4n) is 9.62. The Hall–Kier alpha value is -7.36. The lowest BCUT2D eigenvalue weighted by Crippen LogP contribution is -2.29. The summed E-state index contributed by atoms with van der Waals surface area (Å²) in [6.07, 6.45) is 0. The van der Waals surface area contributed by atoms with Crippen LogP contribution in [0.1, 0.15) is 22.3 Å². The van der Waals surface area contributed by atoms with Crippen LogP contribution in [0.4, 0.5) is 0 Å². The Morgan fingerprint density at radius 1 is 0.357 bits per heavy atom. The van der Waals surface area contributed by atoms with E-state index in [0.29, 0.717) is 5.82 Å². The Kier molecular flexibility index (Phi) is 6.55. The fraction of sp³-hybridized carbons (Fsp3) is 0.0189. The third kappa shape index (κ3) is 4.28. The molecule has 0 fully saturated rings. The molecule has 0 saturated heterocycles. The maximum absolute atomic E-state index is 6.54. The molecule has 1 spiro atoms. The summed E-state index contributed by atoms with van der Waals surface area (Å²) in [5.74, 6) is 0.691. The van der Waals surface area contributed by atoms with E-state index in [2.05, 4.69) is 182 Å². The van der Waals surface area contributed by atoms with Gasteiger partial charge in [-0.1, -0.05) is 170 Å². The minimum Gasteiger partial charge on any atom is -0.456 e. The van der Waals surface area contributed by atoms with Gasteiger partial charge >= 0.3 is 0 Å². The highest BCUT2D eigenvalue weighted by atomic mass is 16.3. The average Bonchev–Trinajstić information content (AvgIpc) is 3.77. The minimum atomic E-state index is -0.668. The van der Waals surface area contributed by atoms with Crippen LogP contribution in [0.25, 0.3) is 89.2 Å². The Balaban J connectivity index is 1.22. The van der Waals surface area contributed by atoms with E-state index in [9.17, 15) is 0 Å². The van der Waals surface area contributed by atoms with Gasteiger partial charge in [0.2, 0.25) is 0 Å². The summed E-state index contributed by atoms with van der Waals surface area (Å²) in [6, 6.07) is 69.7. The SMILES string of the molecule is c1ccc(-c2cc(-c3ccccc3)nc(-c3ccc4c(c3)C3(c5ccccc5-c5ccccc5-4)c4ccccc4-c4c3ccc3oc5ccccc5c43)n2)cc1. The van der Waals surface area contributed by atoms with Crippen LogP contribution in [0.3, 0.4) is 0 Å². The van der Waals surface area contributed by atoms with Crippen LogP contribution in [0, 0.1) is 0 Å². The standard InChI is InChI=1S/C53H32N2O/c1-3-15-33(16-4-1)46-32-47(34-17-5-2-6-18-34)55-52(54-46)35-27-28-39-37-20-8-7-19-36(37)38-21-9-12-24-42(38)53(45(39)31-35)43-25-13-10-22-40(43)50-44(53)29-30-49-51(50)41-23-11-14-26-48(41)56-49/h1-32H. The van der Waals surface area contributed by atoms with Gasteiger partial charge in [0.15, 0.2) is 5.82 Å². The largest absolute Gasteiger partial charge is 0.456 e. The average molecular weight is 713 g/mol. The minimum absolute atomic E-state index is 0.668. The first-order valence-electron chi connectivity index (χ1n) is 19.2. The lowest BCUT2D eigenvalue weighted by atomic mass is 9.65. The Morgan fingerprint density at radius 2 is 0.911 bits per heavy atom. The molecule has 1 unspecified atom stereocenters. The predicted octanol–water partition coefficient (Wildman–Crippen LogP) is 13.4. The van der Waals surface area contributed by atoms with Crippen molar-refractivity contribution in [3.05, 3.63) is 216 Å². The zero-order chi connectivity index (χ0) is 36.8. The Morgan fingerprint density at radius 3 is 1.61 bits per heavy atom. The van der Waals surface area contributed by atoms with E-state index in [1.54, 1.807) is 0 Å². The van der Waals surface area contributed by atoms with Gasteiger partial charge in [0.1, 0.15) is 11.2 Å². The molecular weight excluding hydrogens is 681 g/mol. The van der Waals surface area contributed by atoms with E-state index in [4.69, 9.17) is 14.4 Å². The van der Waals surface area contributed by atoms with Crippen molar-refractivity contribution in [2.24, 2.45) is 0 Å². The molecule has 8 aromatic carbocycles. The molecule has 3 heteroatoms. The number of para-hydroxylation sites is 1. The molecule has 0 aliphatic heterocycles. The zero-order valence-electron chi connectivity index (χ0n) is 30.3. The van der Waals surface area contributed by atoms with Crippen LogP contribution in [0.5, 0.6) is 0 Å². The molecule has 0 N–H and O–H groups in total. The van der Waals surface area contributed by atoms with Crippen molar-refractivity contribution in [3.8, 4) is 67.3 Å². The van der Waals surface area contributed by atoms with Gasteiger partial charge in [-0.3, -0.25) is 0 Å². The molecule has 0 amide bonds. The molecule has 3 nitrogen and oxygen atoms in total. The van der Waals surface area contributed by atoms with Crippen molar-refractivity contribution >= 4 is 21.9 Å². The van der Waals surface area contributed by atoms with Gasteiger partial charge in [0.25, 0.3) is 0 Å². The highest BCUT2D eigenvalue weighted by Gasteiger charge is 2.50. The van der Waals surface area contributed by atoms with Crippen LogP contribution in [0.2, 0.25) is 0 Å². The smallest absolute Gasteiger partial charge is 0.160 e. The molecule has 2 aliphatic rings. The first-order chi connectivity index (χ1) is 27.8. The molecule has 2 aromatic heterocycles. The highest BCUT2D eigenvalue weighted by Crippen LogP contribution is 2.63. The maximum atomic E-state index is 6.54. The number of hydrogen-bond donors (Lipinski definition) is 0.